The maximum atomic E-state index is 13.3. The van der Waals surface area contributed by atoms with E-state index in [9.17, 15) is 9.18 Å². The van der Waals surface area contributed by atoms with Gasteiger partial charge in [0.05, 0.1) is 5.69 Å². The molecule has 1 aliphatic rings. The molecule has 0 N–H and O–H groups in total. The molecule has 0 radical (unpaired) electrons. The molecule has 1 atom stereocenters. The van der Waals surface area contributed by atoms with Gasteiger partial charge in [-0.1, -0.05) is 16.6 Å². The molecule has 6 heteroatoms. The molecule has 1 aromatic heterocycles. The van der Waals surface area contributed by atoms with Gasteiger partial charge in [0.25, 0.3) is 5.91 Å². The number of amides is 1. The third-order valence-electron chi connectivity index (χ3n) is 4.17. The molecule has 0 spiro atoms. The third kappa shape index (κ3) is 3.02. The lowest BCUT2D eigenvalue weighted by atomic mass is 9.97. The van der Waals surface area contributed by atoms with Gasteiger partial charge in [0.15, 0.2) is 0 Å². The summed E-state index contributed by atoms with van der Waals surface area (Å²) in [5, 5.41) is 3.90. The van der Waals surface area contributed by atoms with Crippen LogP contribution in [0.4, 0.5) is 4.39 Å². The van der Waals surface area contributed by atoms with Gasteiger partial charge in [-0.25, -0.2) is 4.39 Å². The van der Waals surface area contributed by atoms with Crippen molar-refractivity contribution in [3.8, 4) is 0 Å². The highest BCUT2D eigenvalue weighted by Gasteiger charge is 2.29. The van der Waals surface area contributed by atoms with Crippen molar-refractivity contribution < 1.29 is 9.18 Å². The van der Waals surface area contributed by atoms with Gasteiger partial charge in [-0.05, 0) is 61.3 Å². The molecular weight excluding hydrogens is 301 g/mol. The molecule has 0 saturated carbocycles. The van der Waals surface area contributed by atoms with Gasteiger partial charge < -0.3 is 4.90 Å². The number of hydrogen-bond donors (Lipinski definition) is 0. The van der Waals surface area contributed by atoms with Gasteiger partial charge in [0, 0.05) is 13.1 Å². The molecule has 1 aliphatic heterocycles. The maximum absolute atomic E-state index is 13.3. The van der Waals surface area contributed by atoms with Gasteiger partial charge in [-0.2, -0.15) is 0 Å². The first-order chi connectivity index (χ1) is 10.5. The number of benzene rings is 1. The summed E-state index contributed by atoms with van der Waals surface area (Å²) >= 11 is 1.16. The van der Waals surface area contributed by atoms with Crippen molar-refractivity contribution in [2.75, 3.05) is 13.1 Å². The molecule has 3 rings (SSSR count). The van der Waals surface area contributed by atoms with Gasteiger partial charge >= 0.3 is 0 Å². The Bertz CT molecular complexity index is 700. The zero-order valence-electron chi connectivity index (χ0n) is 12.7. The van der Waals surface area contributed by atoms with Crippen LogP contribution in [0.2, 0.25) is 0 Å². The Balaban J connectivity index is 1.64. The predicted molar refractivity (Wildman–Crippen MR) is 83.5 cm³/mol. The van der Waals surface area contributed by atoms with Crippen molar-refractivity contribution >= 4 is 17.4 Å². The number of likely N-dealkylation sites (tertiary alicyclic amines) is 1. The highest BCUT2D eigenvalue weighted by atomic mass is 32.1. The van der Waals surface area contributed by atoms with Crippen LogP contribution in [0.5, 0.6) is 0 Å². The summed E-state index contributed by atoms with van der Waals surface area (Å²) in [7, 11) is 0. The molecule has 2 aromatic rings. The van der Waals surface area contributed by atoms with E-state index in [1.165, 1.54) is 6.07 Å². The van der Waals surface area contributed by atoms with Crippen molar-refractivity contribution in [2.24, 2.45) is 5.92 Å². The van der Waals surface area contributed by atoms with E-state index in [0.29, 0.717) is 22.1 Å². The minimum absolute atomic E-state index is 0.0327. The zero-order chi connectivity index (χ0) is 15.7. The average molecular weight is 319 g/mol. The first kappa shape index (κ1) is 15.1. The summed E-state index contributed by atoms with van der Waals surface area (Å²) in [6.07, 6.45) is 1.86. The Kier molecular flexibility index (Phi) is 4.20. The van der Waals surface area contributed by atoms with Gasteiger partial charge in [-0.15, -0.1) is 5.10 Å². The summed E-state index contributed by atoms with van der Waals surface area (Å²) < 4.78 is 17.1. The van der Waals surface area contributed by atoms with E-state index in [1.807, 2.05) is 24.0 Å². The second kappa shape index (κ2) is 6.12. The normalized spacial score (nSPS) is 18.0. The van der Waals surface area contributed by atoms with Crippen molar-refractivity contribution in [1.82, 2.24) is 14.5 Å². The minimum atomic E-state index is -0.167. The first-order valence-electron chi connectivity index (χ1n) is 7.38. The van der Waals surface area contributed by atoms with Crippen molar-refractivity contribution in [3.05, 3.63) is 45.7 Å². The van der Waals surface area contributed by atoms with E-state index in [-0.39, 0.29) is 11.7 Å². The SMILES string of the molecule is Cc1cc(CC2CCN(C(=O)c3snnc3C)C2)ccc1F. The average Bonchev–Trinajstić information content (AvgIpc) is 3.11. The molecule has 0 aliphatic carbocycles. The Labute approximate surface area is 133 Å². The second-order valence-electron chi connectivity index (χ2n) is 5.88. The highest BCUT2D eigenvalue weighted by Crippen LogP contribution is 2.24. The minimum Gasteiger partial charge on any atom is -0.338 e. The molecule has 1 saturated heterocycles. The van der Waals surface area contributed by atoms with Crippen LogP contribution in [-0.4, -0.2) is 33.5 Å². The Morgan fingerprint density at radius 2 is 2.27 bits per heavy atom. The molecule has 116 valence electrons. The molecule has 1 unspecified atom stereocenters. The van der Waals surface area contributed by atoms with Crippen LogP contribution in [0.1, 0.15) is 32.9 Å². The molecule has 22 heavy (non-hydrogen) atoms. The van der Waals surface area contributed by atoms with Crippen LogP contribution in [0.25, 0.3) is 0 Å². The van der Waals surface area contributed by atoms with E-state index in [0.717, 1.165) is 43.0 Å². The van der Waals surface area contributed by atoms with E-state index in [1.54, 1.807) is 6.92 Å². The van der Waals surface area contributed by atoms with E-state index < -0.39 is 0 Å². The topological polar surface area (TPSA) is 46.1 Å². The monoisotopic (exact) mass is 319 g/mol. The molecule has 2 heterocycles. The summed E-state index contributed by atoms with van der Waals surface area (Å²) in [6, 6.07) is 5.26. The van der Waals surface area contributed by atoms with E-state index in [2.05, 4.69) is 9.59 Å². The number of aryl methyl sites for hydroxylation is 2. The van der Waals surface area contributed by atoms with Crippen molar-refractivity contribution in [1.29, 1.82) is 0 Å². The van der Waals surface area contributed by atoms with E-state index in [4.69, 9.17) is 0 Å². The fraction of sp³-hybridized carbons (Fsp3) is 0.438. The van der Waals surface area contributed by atoms with E-state index >= 15 is 0 Å². The smallest absolute Gasteiger partial charge is 0.267 e. The lowest BCUT2D eigenvalue weighted by Crippen LogP contribution is -2.28. The first-order valence-corrected chi connectivity index (χ1v) is 8.15. The van der Waals surface area contributed by atoms with Crippen LogP contribution >= 0.6 is 11.5 Å². The number of carbonyl (C=O) groups is 1. The second-order valence-corrected chi connectivity index (χ2v) is 6.64. The summed E-state index contributed by atoms with van der Waals surface area (Å²) in [4.78, 5) is 14.9. The van der Waals surface area contributed by atoms with Crippen molar-refractivity contribution in [2.45, 2.75) is 26.7 Å². The van der Waals surface area contributed by atoms with Crippen LogP contribution in [-0.2, 0) is 6.42 Å². The summed E-state index contributed by atoms with van der Waals surface area (Å²) in [6.45, 7) is 5.10. The molecule has 0 bridgehead atoms. The summed E-state index contributed by atoms with van der Waals surface area (Å²) in [5.74, 6) is 0.292. The predicted octanol–water partition coefficient (Wildman–Crippen LogP) is 3.00. The van der Waals surface area contributed by atoms with Crippen LogP contribution in [0.15, 0.2) is 18.2 Å². The van der Waals surface area contributed by atoms with Gasteiger partial charge in [0.2, 0.25) is 0 Å². The summed E-state index contributed by atoms with van der Waals surface area (Å²) in [5.41, 5.74) is 2.51. The third-order valence-corrected chi connectivity index (χ3v) is 4.98. The quantitative estimate of drug-likeness (QED) is 0.874. The van der Waals surface area contributed by atoms with Gasteiger partial charge in [0.1, 0.15) is 10.7 Å². The Hall–Kier alpha value is -1.82. The van der Waals surface area contributed by atoms with Crippen molar-refractivity contribution in [3.63, 3.8) is 0 Å². The van der Waals surface area contributed by atoms with Crippen LogP contribution < -0.4 is 0 Å². The molecule has 1 aromatic carbocycles. The number of nitrogens with zero attached hydrogens (tertiary/aromatic N) is 3. The fourth-order valence-corrected chi connectivity index (χ4v) is 3.55. The maximum Gasteiger partial charge on any atom is 0.267 e. The highest BCUT2D eigenvalue weighted by molar-refractivity contribution is 7.07. The zero-order valence-corrected chi connectivity index (χ0v) is 13.5. The molecule has 1 fully saturated rings. The van der Waals surface area contributed by atoms with Crippen LogP contribution in [0, 0.1) is 25.6 Å². The molecular formula is C16H18FN3OS. The number of carbonyl (C=O) groups excluding carboxylic acids is 1. The number of halogens is 1. The molecule has 1 amide bonds. The number of hydrogen-bond acceptors (Lipinski definition) is 4. The number of aromatic nitrogens is 2. The Morgan fingerprint density at radius 3 is 2.95 bits per heavy atom. The number of rotatable bonds is 3. The largest absolute Gasteiger partial charge is 0.338 e. The fourth-order valence-electron chi connectivity index (χ4n) is 2.92. The lowest BCUT2D eigenvalue weighted by molar-refractivity contribution is 0.0791. The lowest BCUT2D eigenvalue weighted by Gasteiger charge is -2.15. The standard InChI is InChI=1S/C16H18FN3OS/c1-10-7-12(3-4-14(10)17)8-13-5-6-20(9-13)16(21)15-11(2)18-19-22-15/h3-4,7,13H,5-6,8-9H2,1-2H3. The van der Waals surface area contributed by atoms with Gasteiger partial charge in [-0.3, -0.25) is 4.79 Å². The molecule has 4 nitrogen and oxygen atoms in total. The Morgan fingerprint density at radius 1 is 1.45 bits per heavy atom. The van der Waals surface area contributed by atoms with Crippen LogP contribution in [0.3, 0.4) is 0 Å².